The molecule has 8 nitrogen and oxygen atoms in total. The average Bonchev–Trinajstić information content (AvgIpc) is 3.09. The highest BCUT2D eigenvalue weighted by Crippen LogP contribution is 2.29. The maximum absolute atomic E-state index is 14.9. The van der Waals surface area contributed by atoms with Crippen LogP contribution in [0.3, 0.4) is 0 Å². The average molecular weight is 440 g/mol. The van der Waals surface area contributed by atoms with E-state index < -0.39 is 18.0 Å². The van der Waals surface area contributed by atoms with Crippen molar-refractivity contribution in [2.24, 2.45) is 11.7 Å². The Hall–Kier alpha value is -3.46. The van der Waals surface area contributed by atoms with E-state index in [9.17, 15) is 18.8 Å². The largest absolute Gasteiger partial charge is 0.442 e. The van der Waals surface area contributed by atoms with Gasteiger partial charge in [0.2, 0.25) is 11.8 Å². The molecule has 168 valence electrons. The second-order valence-corrected chi connectivity index (χ2v) is 8.21. The summed E-state index contributed by atoms with van der Waals surface area (Å²) in [6.45, 7) is 3.88. The summed E-state index contributed by atoms with van der Waals surface area (Å²) in [4.78, 5) is 37.8. The second kappa shape index (κ2) is 8.96. The molecule has 2 aliphatic heterocycles. The van der Waals surface area contributed by atoms with Gasteiger partial charge in [0.15, 0.2) is 0 Å². The molecule has 3 amide bonds. The standard InChI is InChI=1S/C23H25FN4O4/c1-14(29)26-9-19-13-28(23(31)32-19)18-6-7-20(21(24)8-18)16-4-2-15(3-5-16)10-27-11-17(12-27)22(25)30/h2-8,17,19H,9-13H2,1H3,(H2,25,30)(H,26,29)/t19-/m0/s1. The summed E-state index contributed by atoms with van der Waals surface area (Å²) in [7, 11) is 0. The van der Waals surface area contributed by atoms with Gasteiger partial charge in [0.1, 0.15) is 11.9 Å². The van der Waals surface area contributed by atoms with Crippen molar-refractivity contribution in [2.75, 3.05) is 31.1 Å². The summed E-state index contributed by atoms with van der Waals surface area (Å²) in [5.41, 5.74) is 7.92. The minimum absolute atomic E-state index is 0.0737. The molecule has 2 aliphatic rings. The van der Waals surface area contributed by atoms with Crippen LogP contribution in [-0.4, -0.2) is 55.1 Å². The van der Waals surface area contributed by atoms with Gasteiger partial charge in [-0.25, -0.2) is 9.18 Å². The van der Waals surface area contributed by atoms with Crippen LogP contribution in [0.4, 0.5) is 14.9 Å². The predicted octanol–water partition coefficient (Wildman–Crippen LogP) is 1.87. The molecule has 0 aliphatic carbocycles. The van der Waals surface area contributed by atoms with Crippen LogP contribution in [0.1, 0.15) is 12.5 Å². The van der Waals surface area contributed by atoms with Crippen molar-refractivity contribution in [1.29, 1.82) is 0 Å². The lowest BCUT2D eigenvalue weighted by atomic mass is 9.98. The van der Waals surface area contributed by atoms with Crippen LogP contribution < -0.4 is 16.0 Å². The molecule has 4 rings (SSSR count). The van der Waals surface area contributed by atoms with Gasteiger partial charge < -0.3 is 15.8 Å². The summed E-state index contributed by atoms with van der Waals surface area (Å²) in [5.74, 6) is -0.988. The predicted molar refractivity (Wildman–Crippen MR) is 116 cm³/mol. The van der Waals surface area contributed by atoms with Gasteiger partial charge in [0.05, 0.1) is 24.7 Å². The zero-order valence-electron chi connectivity index (χ0n) is 17.7. The molecule has 2 saturated heterocycles. The van der Waals surface area contributed by atoms with Gasteiger partial charge in [-0.3, -0.25) is 19.4 Å². The highest BCUT2D eigenvalue weighted by Gasteiger charge is 2.33. The Kier molecular flexibility index (Phi) is 6.09. The van der Waals surface area contributed by atoms with E-state index in [4.69, 9.17) is 10.5 Å². The number of nitrogens with two attached hydrogens (primary N) is 1. The lowest BCUT2D eigenvalue weighted by Gasteiger charge is -2.37. The molecule has 3 N–H and O–H groups in total. The Bertz CT molecular complexity index is 1040. The van der Waals surface area contributed by atoms with E-state index in [0.29, 0.717) is 30.9 Å². The first-order chi connectivity index (χ1) is 15.3. The van der Waals surface area contributed by atoms with Gasteiger partial charge in [-0.15, -0.1) is 0 Å². The maximum Gasteiger partial charge on any atom is 0.414 e. The zero-order chi connectivity index (χ0) is 22.8. The lowest BCUT2D eigenvalue weighted by molar-refractivity contribution is -0.127. The van der Waals surface area contributed by atoms with Gasteiger partial charge in [-0.05, 0) is 29.3 Å². The Labute approximate surface area is 185 Å². The SMILES string of the molecule is CC(=O)NC[C@H]1CN(c2ccc(-c3ccc(CN4CC(C(N)=O)C4)cc3)c(F)c2)C(=O)O1. The van der Waals surface area contributed by atoms with Crippen molar-refractivity contribution < 1.29 is 23.5 Å². The minimum atomic E-state index is -0.568. The lowest BCUT2D eigenvalue weighted by Crippen LogP contribution is -2.51. The summed E-state index contributed by atoms with van der Waals surface area (Å²) in [6, 6.07) is 12.2. The number of cyclic esters (lactones) is 1. The highest BCUT2D eigenvalue weighted by molar-refractivity contribution is 5.90. The highest BCUT2D eigenvalue weighted by atomic mass is 19.1. The van der Waals surface area contributed by atoms with E-state index in [2.05, 4.69) is 10.2 Å². The van der Waals surface area contributed by atoms with Gasteiger partial charge in [0, 0.05) is 32.1 Å². The molecule has 2 aromatic carbocycles. The number of nitrogens with one attached hydrogen (secondary N) is 1. The Morgan fingerprint density at radius 2 is 1.88 bits per heavy atom. The summed E-state index contributed by atoms with van der Waals surface area (Å²) < 4.78 is 20.1. The molecule has 0 saturated carbocycles. The number of nitrogens with zero attached hydrogens (tertiary/aromatic N) is 2. The monoisotopic (exact) mass is 440 g/mol. The molecular weight excluding hydrogens is 415 g/mol. The van der Waals surface area contributed by atoms with Crippen LogP contribution in [0, 0.1) is 11.7 Å². The number of ether oxygens (including phenoxy) is 1. The number of rotatable bonds is 7. The van der Waals surface area contributed by atoms with Crippen molar-refractivity contribution in [2.45, 2.75) is 19.6 Å². The van der Waals surface area contributed by atoms with Gasteiger partial charge >= 0.3 is 6.09 Å². The molecule has 2 heterocycles. The third kappa shape index (κ3) is 4.72. The van der Waals surface area contributed by atoms with Gasteiger partial charge in [0.25, 0.3) is 0 Å². The molecule has 9 heteroatoms. The van der Waals surface area contributed by atoms with Crippen molar-refractivity contribution >= 4 is 23.6 Å². The first kappa shape index (κ1) is 21.8. The number of carbonyl (C=O) groups excluding carboxylic acids is 3. The molecule has 32 heavy (non-hydrogen) atoms. The number of primary amides is 1. The van der Waals surface area contributed by atoms with Crippen LogP contribution in [0.2, 0.25) is 0 Å². The van der Waals surface area contributed by atoms with Crippen molar-refractivity contribution in [3.05, 3.63) is 53.8 Å². The van der Waals surface area contributed by atoms with Gasteiger partial charge in [-0.1, -0.05) is 24.3 Å². The molecule has 2 aromatic rings. The first-order valence-electron chi connectivity index (χ1n) is 10.4. The van der Waals surface area contributed by atoms with Crippen molar-refractivity contribution in [3.8, 4) is 11.1 Å². The fourth-order valence-electron chi connectivity index (χ4n) is 3.93. The molecule has 0 aromatic heterocycles. The third-order valence-electron chi connectivity index (χ3n) is 5.75. The molecule has 1 atom stereocenters. The molecule has 2 fully saturated rings. The Balaban J connectivity index is 1.39. The summed E-state index contributed by atoms with van der Waals surface area (Å²) in [5, 5.41) is 2.61. The zero-order valence-corrected chi connectivity index (χ0v) is 17.7. The first-order valence-corrected chi connectivity index (χ1v) is 10.4. The fraction of sp³-hybridized carbons (Fsp3) is 0.348. The van der Waals surface area contributed by atoms with E-state index in [1.54, 1.807) is 12.1 Å². The molecular formula is C23H25FN4O4. The smallest absolute Gasteiger partial charge is 0.414 e. The van der Waals surface area contributed by atoms with E-state index in [1.807, 2.05) is 24.3 Å². The Morgan fingerprint density at radius 3 is 2.50 bits per heavy atom. The van der Waals surface area contributed by atoms with Crippen LogP contribution in [0.25, 0.3) is 11.1 Å². The summed E-state index contributed by atoms with van der Waals surface area (Å²) >= 11 is 0. The number of carbonyl (C=O) groups is 3. The summed E-state index contributed by atoms with van der Waals surface area (Å²) in [6.07, 6.45) is -1.05. The van der Waals surface area contributed by atoms with E-state index >= 15 is 0 Å². The van der Waals surface area contributed by atoms with E-state index in [1.165, 1.54) is 17.9 Å². The topological polar surface area (TPSA) is 105 Å². The van der Waals surface area contributed by atoms with Crippen molar-refractivity contribution in [3.63, 3.8) is 0 Å². The molecule has 0 bridgehead atoms. The number of hydrogen-bond acceptors (Lipinski definition) is 5. The van der Waals surface area contributed by atoms with Crippen LogP contribution in [0.15, 0.2) is 42.5 Å². The third-order valence-corrected chi connectivity index (χ3v) is 5.75. The van der Waals surface area contributed by atoms with E-state index in [-0.39, 0.29) is 30.8 Å². The second-order valence-electron chi connectivity index (χ2n) is 8.21. The minimum Gasteiger partial charge on any atom is -0.442 e. The molecule has 0 unspecified atom stereocenters. The van der Waals surface area contributed by atoms with Gasteiger partial charge in [-0.2, -0.15) is 0 Å². The number of halogens is 1. The Morgan fingerprint density at radius 1 is 1.16 bits per heavy atom. The normalized spacial score (nSPS) is 18.9. The number of hydrogen-bond donors (Lipinski definition) is 2. The number of likely N-dealkylation sites (tertiary alicyclic amines) is 1. The van der Waals surface area contributed by atoms with Crippen LogP contribution in [0.5, 0.6) is 0 Å². The van der Waals surface area contributed by atoms with Crippen LogP contribution in [-0.2, 0) is 20.9 Å². The fourth-order valence-corrected chi connectivity index (χ4v) is 3.93. The van der Waals surface area contributed by atoms with Crippen LogP contribution >= 0.6 is 0 Å². The van der Waals surface area contributed by atoms with Crippen molar-refractivity contribution in [1.82, 2.24) is 10.2 Å². The number of anilines is 1. The number of benzene rings is 2. The maximum atomic E-state index is 14.9. The number of amides is 3. The van der Waals surface area contributed by atoms with E-state index in [0.717, 1.165) is 11.1 Å². The quantitative estimate of drug-likeness (QED) is 0.684. The molecule has 0 spiro atoms. The molecule has 0 radical (unpaired) electrons.